The standard InChI is InChI=1S/C8H15NO4Si/c1-14(2,3)13-6-4-5-9(7(6)10)8(11)12/h6H,4-5H2,1-3H3,(H,11,12). The maximum Gasteiger partial charge on any atom is 0.414 e. The van der Waals surface area contributed by atoms with Gasteiger partial charge in [-0.1, -0.05) is 0 Å². The smallest absolute Gasteiger partial charge is 0.414 e. The number of nitrogens with zero attached hydrogens (tertiary/aromatic N) is 1. The van der Waals surface area contributed by atoms with Crippen LogP contribution >= 0.6 is 0 Å². The molecule has 1 aliphatic rings. The van der Waals surface area contributed by atoms with Gasteiger partial charge in [-0.05, 0) is 26.1 Å². The van der Waals surface area contributed by atoms with Gasteiger partial charge in [0.05, 0.1) is 0 Å². The first-order valence-electron chi connectivity index (χ1n) is 4.53. The van der Waals surface area contributed by atoms with Gasteiger partial charge in [0.2, 0.25) is 0 Å². The van der Waals surface area contributed by atoms with Crippen LogP contribution in [0.15, 0.2) is 0 Å². The Balaban J connectivity index is 2.61. The molecule has 0 aromatic carbocycles. The Morgan fingerprint density at radius 2 is 2.14 bits per heavy atom. The minimum atomic E-state index is -1.77. The highest BCUT2D eigenvalue weighted by Gasteiger charge is 2.38. The van der Waals surface area contributed by atoms with Crippen molar-refractivity contribution in [1.82, 2.24) is 4.90 Å². The van der Waals surface area contributed by atoms with E-state index >= 15 is 0 Å². The van der Waals surface area contributed by atoms with E-state index in [9.17, 15) is 9.59 Å². The molecule has 0 bridgehead atoms. The quantitative estimate of drug-likeness (QED) is 0.704. The zero-order valence-corrected chi connectivity index (χ0v) is 9.61. The van der Waals surface area contributed by atoms with Crippen LogP contribution in [0.1, 0.15) is 6.42 Å². The van der Waals surface area contributed by atoms with E-state index in [-0.39, 0.29) is 6.54 Å². The lowest BCUT2D eigenvalue weighted by Crippen LogP contribution is -2.39. The fraction of sp³-hybridized carbons (Fsp3) is 0.750. The number of amides is 2. The van der Waals surface area contributed by atoms with E-state index in [1.54, 1.807) is 0 Å². The first-order chi connectivity index (χ1) is 6.31. The summed E-state index contributed by atoms with van der Waals surface area (Å²) in [7, 11) is -1.77. The molecular weight excluding hydrogens is 202 g/mol. The lowest BCUT2D eigenvalue weighted by atomic mass is 10.3. The maximum atomic E-state index is 11.5. The molecule has 0 aromatic heterocycles. The number of likely N-dealkylation sites (tertiary alicyclic amines) is 1. The van der Waals surface area contributed by atoms with Crippen LogP contribution in [-0.2, 0) is 9.22 Å². The second-order valence-corrected chi connectivity index (χ2v) is 8.74. The molecule has 1 rings (SSSR count). The second kappa shape index (κ2) is 3.70. The molecule has 2 amide bonds. The third kappa shape index (κ3) is 2.55. The summed E-state index contributed by atoms with van der Waals surface area (Å²) in [4.78, 5) is 22.9. The molecule has 0 radical (unpaired) electrons. The minimum absolute atomic E-state index is 0.253. The SMILES string of the molecule is C[Si](C)(C)OC1CCN(C(=O)O)C1=O. The molecule has 1 aliphatic heterocycles. The predicted molar refractivity (Wildman–Crippen MR) is 52.6 cm³/mol. The molecule has 1 fully saturated rings. The number of rotatable bonds is 2. The normalized spacial score (nSPS) is 22.9. The van der Waals surface area contributed by atoms with Crippen molar-refractivity contribution in [2.24, 2.45) is 0 Å². The third-order valence-corrected chi connectivity index (χ3v) is 2.87. The molecule has 1 saturated heterocycles. The predicted octanol–water partition coefficient (Wildman–Crippen LogP) is 1.12. The summed E-state index contributed by atoms with van der Waals surface area (Å²) in [5.41, 5.74) is 0. The van der Waals surface area contributed by atoms with Gasteiger partial charge in [0.25, 0.3) is 5.91 Å². The number of carbonyl (C=O) groups is 2. The van der Waals surface area contributed by atoms with Crippen molar-refractivity contribution in [3.05, 3.63) is 0 Å². The van der Waals surface area contributed by atoms with Crippen molar-refractivity contribution < 1.29 is 19.1 Å². The van der Waals surface area contributed by atoms with Crippen molar-refractivity contribution in [2.75, 3.05) is 6.54 Å². The van der Waals surface area contributed by atoms with Crippen molar-refractivity contribution in [2.45, 2.75) is 32.2 Å². The Kier molecular flexibility index (Phi) is 2.96. The number of carbonyl (C=O) groups excluding carboxylic acids is 1. The maximum absolute atomic E-state index is 11.5. The summed E-state index contributed by atoms with van der Waals surface area (Å²) in [5, 5.41) is 8.66. The van der Waals surface area contributed by atoms with Crippen LogP contribution in [0.2, 0.25) is 19.6 Å². The molecule has 0 aromatic rings. The van der Waals surface area contributed by atoms with Crippen molar-refractivity contribution in [1.29, 1.82) is 0 Å². The fourth-order valence-electron chi connectivity index (χ4n) is 1.38. The number of carboxylic acid groups (broad SMARTS) is 1. The monoisotopic (exact) mass is 217 g/mol. The Labute approximate surface area is 83.8 Å². The van der Waals surface area contributed by atoms with Crippen molar-refractivity contribution in [3.8, 4) is 0 Å². The van der Waals surface area contributed by atoms with Crippen LogP contribution in [0.3, 0.4) is 0 Å². The molecular formula is C8H15NO4Si. The number of imide groups is 1. The minimum Gasteiger partial charge on any atom is -0.465 e. The van der Waals surface area contributed by atoms with Gasteiger partial charge in [0.15, 0.2) is 8.32 Å². The molecule has 5 nitrogen and oxygen atoms in total. The molecule has 1 unspecified atom stereocenters. The van der Waals surface area contributed by atoms with Gasteiger partial charge < -0.3 is 9.53 Å². The largest absolute Gasteiger partial charge is 0.465 e. The van der Waals surface area contributed by atoms with E-state index in [1.807, 2.05) is 19.6 Å². The number of hydrogen-bond acceptors (Lipinski definition) is 3. The van der Waals surface area contributed by atoms with E-state index < -0.39 is 26.4 Å². The highest BCUT2D eigenvalue weighted by atomic mass is 28.4. The van der Waals surface area contributed by atoms with Gasteiger partial charge in [-0.2, -0.15) is 0 Å². The molecule has 0 aliphatic carbocycles. The fourth-order valence-corrected chi connectivity index (χ4v) is 2.45. The van der Waals surface area contributed by atoms with Gasteiger partial charge in [-0.25, -0.2) is 9.69 Å². The summed E-state index contributed by atoms with van der Waals surface area (Å²) < 4.78 is 5.58. The molecule has 1 heterocycles. The molecule has 14 heavy (non-hydrogen) atoms. The van der Waals surface area contributed by atoms with Crippen LogP contribution in [0.25, 0.3) is 0 Å². The van der Waals surface area contributed by atoms with Crippen LogP contribution in [-0.4, -0.2) is 43.0 Å². The van der Waals surface area contributed by atoms with Crippen molar-refractivity contribution >= 4 is 20.3 Å². The lowest BCUT2D eigenvalue weighted by molar-refractivity contribution is -0.131. The highest BCUT2D eigenvalue weighted by Crippen LogP contribution is 2.18. The first kappa shape index (κ1) is 11.2. The van der Waals surface area contributed by atoms with Gasteiger partial charge in [-0.15, -0.1) is 0 Å². The third-order valence-electron chi connectivity index (χ3n) is 1.88. The lowest BCUT2D eigenvalue weighted by Gasteiger charge is -2.21. The van der Waals surface area contributed by atoms with E-state index in [4.69, 9.17) is 9.53 Å². The van der Waals surface area contributed by atoms with Crippen LogP contribution in [0, 0.1) is 0 Å². The highest BCUT2D eigenvalue weighted by molar-refractivity contribution is 6.69. The zero-order valence-electron chi connectivity index (χ0n) is 8.61. The molecule has 0 spiro atoms. The van der Waals surface area contributed by atoms with Crippen molar-refractivity contribution in [3.63, 3.8) is 0 Å². The van der Waals surface area contributed by atoms with Crippen LogP contribution in [0.4, 0.5) is 4.79 Å². The van der Waals surface area contributed by atoms with Crippen LogP contribution < -0.4 is 0 Å². The summed E-state index contributed by atoms with van der Waals surface area (Å²) in [5.74, 6) is -0.417. The van der Waals surface area contributed by atoms with E-state index in [0.717, 1.165) is 4.90 Å². The molecule has 1 N–H and O–H groups in total. The Bertz CT molecular complexity index is 261. The van der Waals surface area contributed by atoms with Crippen LogP contribution in [0.5, 0.6) is 0 Å². The summed E-state index contributed by atoms with van der Waals surface area (Å²) in [6.07, 6.45) is -1.25. The number of hydrogen-bond donors (Lipinski definition) is 1. The van der Waals surface area contributed by atoms with Gasteiger partial charge >= 0.3 is 6.09 Å². The molecule has 80 valence electrons. The zero-order chi connectivity index (χ0) is 10.9. The van der Waals surface area contributed by atoms with E-state index in [1.165, 1.54) is 0 Å². The average molecular weight is 217 g/mol. The topological polar surface area (TPSA) is 66.8 Å². The Morgan fingerprint density at radius 1 is 1.57 bits per heavy atom. The Hall–Kier alpha value is -0.883. The second-order valence-electron chi connectivity index (χ2n) is 4.28. The molecule has 0 saturated carbocycles. The molecule has 1 atom stereocenters. The van der Waals surface area contributed by atoms with Gasteiger partial charge in [0.1, 0.15) is 6.10 Å². The van der Waals surface area contributed by atoms with Gasteiger partial charge in [-0.3, -0.25) is 4.79 Å². The summed E-state index contributed by atoms with van der Waals surface area (Å²) in [6, 6.07) is 0. The average Bonchev–Trinajstić information content (AvgIpc) is 2.29. The van der Waals surface area contributed by atoms with E-state index in [0.29, 0.717) is 6.42 Å². The summed E-state index contributed by atoms with van der Waals surface area (Å²) in [6.45, 7) is 6.18. The molecule has 6 heteroatoms. The van der Waals surface area contributed by atoms with Gasteiger partial charge in [0, 0.05) is 6.54 Å². The van der Waals surface area contributed by atoms with E-state index in [2.05, 4.69) is 0 Å². The summed E-state index contributed by atoms with van der Waals surface area (Å²) >= 11 is 0. The Morgan fingerprint density at radius 3 is 2.50 bits per heavy atom. The first-order valence-corrected chi connectivity index (χ1v) is 7.94.